The topological polar surface area (TPSA) is 47.4 Å². The second kappa shape index (κ2) is 7.58. The summed E-state index contributed by atoms with van der Waals surface area (Å²) in [5.41, 5.74) is 3.10. The zero-order valence-corrected chi connectivity index (χ0v) is 15.8. The van der Waals surface area contributed by atoms with Gasteiger partial charge >= 0.3 is 0 Å². The van der Waals surface area contributed by atoms with Gasteiger partial charge in [0.1, 0.15) is 5.82 Å². The molecule has 5 nitrogen and oxygen atoms in total. The van der Waals surface area contributed by atoms with E-state index in [0.29, 0.717) is 31.9 Å². The zero-order valence-electron chi connectivity index (χ0n) is 15.8. The van der Waals surface area contributed by atoms with E-state index in [1.54, 1.807) is 16.8 Å². The van der Waals surface area contributed by atoms with Crippen LogP contribution in [0.3, 0.4) is 0 Å². The fraction of sp³-hybridized carbons (Fsp3) is 0.500. The summed E-state index contributed by atoms with van der Waals surface area (Å²) in [5, 5.41) is 4.76. The smallest absolute Gasteiger partial charge is 0.257 e. The Balaban J connectivity index is 2.14. The van der Waals surface area contributed by atoms with Gasteiger partial charge in [-0.1, -0.05) is 27.7 Å². The van der Waals surface area contributed by atoms with Gasteiger partial charge in [0.15, 0.2) is 0 Å². The van der Waals surface area contributed by atoms with Crippen LogP contribution < -0.4 is 0 Å². The molecule has 6 heteroatoms. The van der Waals surface area contributed by atoms with E-state index in [1.807, 2.05) is 18.7 Å². The highest BCUT2D eigenvalue weighted by molar-refractivity contribution is 5.97. The third kappa shape index (κ3) is 3.51. The maximum atomic E-state index is 13.3. The number of ether oxygens (including phenoxy) is 1. The van der Waals surface area contributed by atoms with Gasteiger partial charge in [-0.25, -0.2) is 9.07 Å². The van der Waals surface area contributed by atoms with Crippen molar-refractivity contribution < 1.29 is 13.9 Å². The van der Waals surface area contributed by atoms with Gasteiger partial charge in [-0.15, -0.1) is 0 Å². The van der Waals surface area contributed by atoms with E-state index in [9.17, 15) is 9.18 Å². The van der Waals surface area contributed by atoms with Crippen LogP contribution >= 0.6 is 0 Å². The van der Waals surface area contributed by atoms with Gasteiger partial charge in [-0.3, -0.25) is 4.79 Å². The van der Waals surface area contributed by atoms with Crippen LogP contribution in [0.1, 0.15) is 61.3 Å². The average molecular weight is 359 g/mol. The highest BCUT2D eigenvalue weighted by Gasteiger charge is 2.31. The Hall–Kier alpha value is -2.21. The summed E-state index contributed by atoms with van der Waals surface area (Å²) < 4.78 is 20.5. The second-order valence-electron chi connectivity index (χ2n) is 7.25. The predicted octanol–water partition coefficient (Wildman–Crippen LogP) is 3.73. The van der Waals surface area contributed by atoms with Gasteiger partial charge in [-0.05, 0) is 36.1 Å². The van der Waals surface area contributed by atoms with Gasteiger partial charge in [-0.2, -0.15) is 5.10 Å². The predicted molar refractivity (Wildman–Crippen MR) is 98.4 cm³/mol. The number of nitrogens with zero attached hydrogens (tertiary/aromatic N) is 3. The Morgan fingerprint density at radius 1 is 1.08 bits per heavy atom. The molecule has 2 aromatic rings. The lowest BCUT2D eigenvalue weighted by Crippen LogP contribution is -2.41. The van der Waals surface area contributed by atoms with Crippen LogP contribution in [0.5, 0.6) is 0 Å². The summed E-state index contributed by atoms with van der Waals surface area (Å²) in [6, 6.07) is 6.22. The standard InChI is InChI=1S/C20H26FN3O2/c1-13(2)18-17(20(25)23-9-11-26-12-10-23)19(14(3)4)24(22-18)16-7-5-15(21)6-8-16/h5-8,13-14H,9-12H2,1-4H3. The maximum absolute atomic E-state index is 13.3. The number of amides is 1. The molecule has 1 aliphatic rings. The van der Waals surface area contributed by atoms with Crippen LogP contribution in [0.4, 0.5) is 4.39 Å². The first-order valence-electron chi connectivity index (χ1n) is 9.16. The lowest BCUT2D eigenvalue weighted by atomic mass is 9.97. The molecule has 1 saturated heterocycles. The Morgan fingerprint density at radius 2 is 1.69 bits per heavy atom. The van der Waals surface area contributed by atoms with Crippen molar-refractivity contribution in [3.8, 4) is 5.69 Å². The third-order valence-electron chi connectivity index (χ3n) is 4.63. The van der Waals surface area contributed by atoms with Crippen molar-refractivity contribution >= 4 is 5.91 Å². The molecule has 1 aliphatic heterocycles. The first-order chi connectivity index (χ1) is 12.4. The molecule has 1 aromatic heterocycles. The number of hydrogen-bond donors (Lipinski definition) is 0. The largest absolute Gasteiger partial charge is 0.378 e. The summed E-state index contributed by atoms with van der Waals surface area (Å²) in [6.45, 7) is 10.5. The quantitative estimate of drug-likeness (QED) is 0.836. The normalized spacial score (nSPS) is 15.1. The first kappa shape index (κ1) is 18.6. The highest BCUT2D eigenvalue weighted by Crippen LogP contribution is 2.31. The first-order valence-corrected chi connectivity index (χ1v) is 9.16. The van der Waals surface area contributed by atoms with E-state index in [4.69, 9.17) is 9.84 Å². The molecular formula is C20H26FN3O2. The minimum absolute atomic E-state index is 0.00839. The number of benzene rings is 1. The molecule has 0 atom stereocenters. The number of halogens is 1. The molecule has 0 aliphatic carbocycles. The summed E-state index contributed by atoms with van der Waals surface area (Å²) >= 11 is 0. The van der Waals surface area contributed by atoms with Crippen LogP contribution in [-0.2, 0) is 4.74 Å². The van der Waals surface area contributed by atoms with Crippen LogP contribution in [-0.4, -0.2) is 46.9 Å². The summed E-state index contributed by atoms with van der Waals surface area (Å²) in [5.74, 6) is -0.0796. The highest BCUT2D eigenvalue weighted by atomic mass is 19.1. The Bertz CT molecular complexity index is 775. The fourth-order valence-corrected chi connectivity index (χ4v) is 3.31. The monoisotopic (exact) mass is 359 g/mol. The number of carbonyl (C=O) groups is 1. The van der Waals surface area contributed by atoms with Crippen molar-refractivity contribution in [3.05, 3.63) is 47.0 Å². The van der Waals surface area contributed by atoms with E-state index >= 15 is 0 Å². The molecule has 26 heavy (non-hydrogen) atoms. The second-order valence-corrected chi connectivity index (χ2v) is 7.25. The number of rotatable bonds is 4. The van der Waals surface area contributed by atoms with E-state index < -0.39 is 0 Å². The molecule has 140 valence electrons. The van der Waals surface area contributed by atoms with Crippen molar-refractivity contribution in [2.75, 3.05) is 26.3 Å². The van der Waals surface area contributed by atoms with Crippen molar-refractivity contribution in [1.82, 2.24) is 14.7 Å². The van der Waals surface area contributed by atoms with Crippen molar-refractivity contribution in [2.24, 2.45) is 0 Å². The number of carbonyl (C=O) groups excluding carboxylic acids is 1. The van der Waals surface area contributed by atoms with Gasteiger partial charge in [0, 0.05) is 13.1 Å². The average Bonchev–Trinajstić information content (AvgIpc) is 3.03. The molecule has 1 amide bonds. The van der Waals surface area contributed by atoms with Crippen molar-refractivity contribution in [3.63, 3.8) is 0 Å². The third-order valence-corrected chi connectivity index (χ3v) is 4.63. The van der Waals surface area contributed by atoms with E-state index in [2.05, 4.69) is 13.8 Å². The number of aromatic nitrogens is 2. The summed E-state index contributed by atoms with van der Waals surface area (Å²) in [7, 11) is 0. The summed E-state index contributed by atoms with van der Waals surface area (Å²) in [4.78, 5) is 15.1. The van der Waals surface area contributed by atoms with E-state index in [1.165, 1.54) is 12.1 Å². The number of hydrogen-bond acceptors (Lipinski definition) is 3. The van der Waals surface area contributed by atoms with E-state index in [0.717, 1.165) is 17.1 Å². The molecule has 0 saturated carbocycles. The van der Waals surface area contributed by atoms with Crippen LogP contribution in [0.25, 0.3) is 5.69 Å². The maximum Gasteiger partial charge on any atom is 0.257 e. The Kier molecular flexibility index (Phi) is 5.41. The molecule has 2 heterocycles. The van der Waals surface area contributed by atoms with Gasteiger partial charge in [0.05, 0.1) is 35.9 Å². The lowest BCUT2D eigenvalue weighted by Gasteiger charge is -2.27. The van der Waals surface area contributed by atoms with E-state index in [-0.39, 0.29) is 23.6 Å². The fourth-order valence-electron chi connectivity index (χ4n) is 3.31. The van der Waals surface area contributed by atoms with Crippen LogP contribution in [0.15, 0.2) is 24.3 Å². The molecule has 0 N–H and O–H groups in total. The minimum atomic E-state index is -0.291. The lowest BCUT2D eigenvalue weighted by molar-refractivity contribution is 0.0301. The van der Waals surface area contributed by atoms with Gasteiger partial charge in [0.2, 0.25) is 0 Å². The van der Waals surface area contributed by atoms with Crippen molar-refractivity contribution in [1.29, 1.82) is 0 Å². The Morgan fingerprint density at radius 3 is 2.23 bits per heavy atom. The zero-order chi connectivity index (χ0) is 18.8. The molecule has 0 spiro atoms. The van der Waals surface area contributed by atoms with Crippen LogP contribution in [0.2, 0.25) is 0 Å². The minimum Gasteiger partial charge on any atom is -0.378 e. The molecule has 1 fully saturated rings. The molecule has 1 aromatic carbocycles. The molecular weight excluding hydrogens is 333 g/mol. The molecule has 0 unspecified atom stereocenters. The van der Waals surface area contributed by atoms with Crippen molar-refractivity contribution in [2.45, 2.75) is 39.5 Å². The summed E-state index contributed by atoms with van der Waals surface area (Å²) in [6.07, 6.45) is 0. The molecule has 0 bridgehead atoms. The molecule has 0 radical (unpaired) electrons. The number of morpholine rings is 1. The van der Waals surface area contributed by atoms with Crippen LogP contribution in [0, 0.1) is 5.82 Å². The Labute approximate surface area is 153 Å². The molecule has 3 rings (SSSR count). The SMILES string of the molecule is CC(C)c1nn(-c2ccc(F)cc2)c(C(C)C)c1C(=O)N1CCOCC1. The van der Waals surface area contributed by atoms with Gasteiger partial charge in [0.25, 0.3) is 5.91 Å². The van der Waals surface area contributed by atoms with Gasteiger partial charge < -0.3 is 9.64 Å².